The molecule has 1 aliphatic heterocycles. The van der Waals surface area contributed by atoms with Crippen LogP contribution in [0.2, 0.25) is 0 Å². The maximum Gasteiger partial charge on any atom is 0.344 e. The Kier molecular flexibility index (Phi) is 5.29. The number of quaternary nitrogens is 1. The van der Waals surface area contributed by atoms with E-state index in [9.17, 15) is 18.8 Å². The van der Waals surface area contributed by atoms with Gasteiger partial charge in [0.2, 0.25) is 0 Å². The number of rotatable bonds is 6. The van der Waals surface area contributed by atoms with Crippen molar-refractivity contribution in [3.05, 3.63) is 35.6 Å². The fourth-order valence-electron chi connectivity index (χ4n) is 4.39. The average Bonchev–Trinajstić information content (AvgIpc) is 3.51. The molecule has 2 saturated carbocycles. The lowest BCUT2D eigenvalue weighted by molar-refractivity contribution is -0.917. The highest BCUT2D eigenvalue weighted by Crippen LogP contribution is 2.35. The predicted octanol–water partition coefficient (Wildman–Crippen LogP) is 0.905. The number of benzene rings is 1. The molecule has 0 bridgehead atoms. The topological polar surface area (TPSA) is 83.0 Å². The molecule has 1 aromatic rings. The molecule has 8 heteroatoms. The van der Waals surface area contributed by atoms with Gasteiger partial charge < -0.3 is 10.2 Å². The minimum atomic E-state index is -0.867. The highest BCUT2D eigenvalue weighted by atomic mass is 19.1. The number of halogens is 1. The molecule has 4 amide bonds. The van der Waals surface area contributed by atoms with E-state index in [0.717, 1.165) is 41.2 Å². The van der Waals surface area contributed by atoms with Gasteiger partial charge in [0.05, 0.1) is 6.04 Å². The zero-order valence-corrected chi connectivity index (χ0v) is 16.7. The Balaban J connectivity index is 1.37. The van der Waals surface area contributed by atoms with Crippen molar-refractivity contribution >= 4 is 17.8 Å². The molecule has 4 rings (SSSR count). The first-order valence-electron chi connectivity index (χ1n) is 10.4. The van der Waals surface area contributed by atoms with E-state index < -0.39 is 11.6 Å². The van der Waals surface area contributed by atoms with E-state index in [0.29, 0.717) is 31.3 Å². The van der Waals surface area contributed by atoms with E-state index >= 15 is 0 Å². The maximum absolute atomic E-state index is 13.1. The number of nitrogens with zero attached hydrogens (tertiary/aromatic N) is 1. The number of urea groups is 1. The maximum atomic E-state index is 13.1. The van der Waals surface area contributed by atoms with Crippen LogP contribution in [0.25, 0.3) is 0 Å². The third kappa shape index (κ3) is 4.27. The van der Waals surface area contributed by atoms with Crippen LogP contribution < -0.4 is 15.6 Å². The number of hydrazine groups is 1. The Labute approximate surface area is 169 Å². The molecule has 1 saturated heterocycles. The Morgan fingerprint density at radius 3 is 2.48 bits per heavy atom. The summed E-state index contributed by atoms with van der Waals surface area (Å²) in [7, 11) is 0. The van der Waals surface area contributed by atoms with Crippen molar-refractivity contribution < 1.29 is 23.7 Å². The lowest BCUT2D eigenvalue weighted by Gasteiger charge is -2.33. The number of nitrogens with one attached hydrogen (secondary N) is 3. The molecule has 3 N–H and O–H groups in total. The van der Waals surface area contributed by atoms with Gasteiger partial charge in [-0.15, -0.1) is 0 Å². The molecule has 1 heterocycles. The zero-order valence-electron chi connectivity index (χ0n) is 16.7. The van der Waals surface area contributed by atoms with E-state index in [1.165, 1.54) is 12.1 Å². The summed E-state index contributed by atoms with van der Waals surface area (Å²) in [5, 5.41) is 3.67. The average molecular weight is 403 g/mol. The smallest absolute Gasteiger partial charge is 0.322 e. The number of hydrogen-bond donors (Lipinski definition) is 3. The number of carbonyl (C=O) groups is 3. The number of imide groups is 1. The third-order valence-electron chi connectivity index (χ3n) is 6.41. The van der Waals surface area contributed by atoms with E-state index in [4.69, 9.17) is 0 Å². The van der Waals surface area contributed by atoms with Gasteiger partial charge in [-0.25, -0.2) is 9.18 Å². The van der Waals surface area contributed by atoms with Crippen molar-refractivity contribution in [2.75, 3.05) is 6.54 Å². The summed E-state index contributed by atoms with van der Waals surface area (Å²) < 4.78 is 13.1. The molecule has 156 valence electrons. The molecule has 2 aliphatic carbocycles. The third-order valence-corrected chi connectivity index (χ3v) is 6.41. The Bertz CT molecular complexity index is 801. The quantitative estimate of drug-likeness (QED) is 0.618. The van der Waals surface area contributed by atoms with Crippen molar-refractivity contribution in [3.63, 3.8) is 0 Å². The lowest BCUT2D eigenvalue weighted by Crippen LogP contribution is -3.13. The van der Waals surface area contributed by atoms with Crippen molar-refractivity contribution in [2.45, 2.75) is 63.6 Å². The molecule has 7 nitrogen and oxygen atoms in total. The van der Waals surface area contributed by atoms with Crippen LogP contribution >= 0.6 is 0 Å². The summed E-state index contributed by atoms with van der Waals surface area (Å²) in [6.07, 6.45) is 5.04. The van der Waals surface area contributed by atoms with Crippen molar-refractivity contribution in [2.24, 2.45) is 5.92 Å². The van der Waals surface area contributed by atoms with Crippen molar-refractivity contribution in [1.29, 1.82) is 0 Å². The van der Waals surface area contributed by atoms with Gasteiger partial charge >= 0.3 is 6.03 Å². The molecule has 0 radical (unpaired) electrons. The highest BCUT2D eigenvalue weighted by molar-refractivity contribution is 6.08. The number of hydrogen-bond acceptors (Lipinski definition) is 3. The van der Waals surface area contributed by atoms with Crippen LogP contribution in [0, 0.1) is 11.7 Å². The predicted molar refractivity (Wildman–Crippen MR) is 103 cm³/mol. The Morgan fingerprint density at radius 2 is 1.86 bits per heavy atom. The molecule has 1 spiro atoms. The summed E-state index contributed by atoms with van der Waals surface area (Å²) in [6.45, 7) is 2.90. The van der Waals surface area contributed by atoms with Gasteiger partial charge in [-0.05, 0) is 43.7 Å². The molecule has 29 heavy (non-hydrogen) atoms. The fourth-order valence-corrected chi connectivity index (χ4v) is 4.39. The highest BCUT2D eigenvalue weighted by Gasteiger charge is 2.53. The molecule has 3 aliphatic rings. The molecule has 1 aromatic carbocycles. The van der Waals surface area contributed by atoms with Crippen LogP contribution in [0.3, 0.4) is 0 Å². The molecular formula is C21H28FN4O3+. The second-order valence-corrected chi connectivity index (χ2v) is 8.78. The van der Waals surface area contributed by atoms with Crippen LogP contribution in [-0.4, -0.2) is 41.0 Å². The van der Waals surface area contributed by atoms with Crippen molar-refractivity contribution in [3.8, 4) is 0 Å². The summed E-state index contributed by atoms with van der Waals surface area (Å²) in [6, 6.07) is 6.10. The normalized spacial score (nSPS) is 27.8. The molecule has 1 unspecified atom stereocenters. The second kappa shape index (κ2) is 7.74. The summed E-state index contributed by atoms with van der Waals surface area (Å²) in [5.41, 5.74) is 2.60. The van der Waals surface area contributed by atoms with Crippen LogP contribution in [0.5, 0.6) is 0 Å². The minimum absolute atomic E-state index is 0.156. The van der Waals surface area contributed by atoms with E-state index in [1.54, 1.807) is 12.1 Å². The molecular weight excluding hydrogens is 375 g/mol. The summed E-state index contributed by atoms with van der Waals surface area (Å²) in [4.78, 5) is 38.9. The van der Waals surface area contributed by atoms with E-state index in [-0.39, 0.29) is 24.2 Å². The minimum Gasteiger partial charge on any atom is -0.322 e. The Hall–Kier alpha value is -2.48. The first-order chi connectivity index (χ1) is 13.9. The SMILES string of the molecule is CC1CCC2(CC1)NC(=O)N(NC(=O)C[NH+](Cc1ccc(F)cc1)C1CC1)C2=O. The lowest BCUT2D eigenvalue weighted by atomic mass is 9.77. The van der Waals surface area contributed by atoms with Crippen molar-refractivity contribution in [1.82, 2.24) is 15.8 Å². The van der Waals surface area contributed by atoms with E-state index in [2.05, 4.69) is 17.7 Å². The van der Waals surface area contributed by atoms with Crippen LogP contribution in [0.4, 0.5) is 9.18 Å². The first kappa shape index (κ1) is 19.8. The van der Waals surface area contributed by atoms with Gasteiger partial charge in [0.25, 0.3) is 11.8 Å². The standard InChI is InChI=1S/C21H27FN4O3/c1-14-8-10-21(11-9-14)19(28)26(20(29)23-21)24-18(27)13-25(17-6-7-17)12-15-2-4-16(22)5-3-15/h2-5,14,17H,6-13H2,1H3,(H,23,29)(H,24,27)/p+1. The zero-order chi connectivity index (χ0) is 20.6. The molecule has 3 fully saturated rings. The van der Waals surface area contributed by atoms with Gasteiger partial charge in [-0.2, -0.15) is 5.01 Å². The summed E-state index contributed by atoms with van der Waals surface area (Å²) in [5.74, 6) is -0.465. The van der Waals surface area contributed by atoms with Gasteiger partial charge in [0, 0.05) is 18.4 Å². The number of carbonyl (C=O) groups excluding carboxylic acids is 3. The monoisotopic (exact) mass is 403 g/mol. The largest absolute Gasteiger partial charge is 0.344 e. The van der Waals surface area contributed by atoms with Gasteiger partial charge in [0.15, 0.2) is 6.54 Å². The van der Waals surface area contributed by atoms with Crippen LogP contribution in [0.1, 0.15) is 51.0 Å². The van der Waals surface area contributed by atoms with Crippen LogP contribution in [-0.2, 0) is 16.1 Å². The van der Waals surface area contributed by atoms with Gasteiger partial charge in [-0.3, -0.25) is 15.0 Å². The Morgan fingerprint density at radius 1 is 1.21 bits per heavy atom. The fraction of sp³-hybridized carbons (Fsp3) is 0.571. The summed E-state index contributed by atoms with van der Waals surface area (Å²) >= 11 is 0. The van der Waals surface area contributed by atoms with Crippen LogP contribution in [0.15, 0.2) is 24.3 Å². The second-order valence-electron chi connectivity index (χ2n) is 8.78. The van der Waals surface area contributed by atoms with Gasteiger partial charge in [-0.1, -0.05) is 19.1 Å². The molecule has 0 aromatic heterocycles. The van der Waals surface area contributed by atoms with E-state index in [1.807, 2.05) is 0 Å². The molecule has 1 atom stereocenters. The number of amides is 4. The first-order valence-corrected chi connectivity index (χ1v) is 10.4. The van der Waals surface area contributed by atoms with Gasteiger partial charge in [0.1, 0.15) is 17.9 Å².